The number of hydrogen-bond donors (Lipinski definition) is 0. The first kappa shape index (κ1) is 19.1. The van der Waals surface area contributed by atoms with Crippen LogP contribution >= 0.6 is 0 Å². The summed E-state index contributed by atoms with van der Waals surface area (Å²) < 4.78 is 16.3. The summed E-state index contributed by atoms with van der Waals surface area (Å²) in [5.74, 6) is 0.177. The van der Waals surface area contributed by atoms with Gasteiger partial charge in [0.2, 0.25) is 6.10 Å². The van der Waals surface area contributed by atoms with E-state index in [1.54, 1.807) is 24.3 Å². The maximum atomic E-state index is 12.5. The van der Waals surface area contributed by atoms with Crippen molar-refractivity contribution in [2.75, 3.05) is 25.2 Å². The predicted octanol–water partition coefficient (Wildman–Crippen LogP) is 3.25. The maximum Gasteiger partial charge on any atom is 0.351 e. The third-order valence-electron chi connectivity index (χ3n) is 5.37. The molecule has 1 atom stereocenters. The van der Waals surface area contributed by atoms with E-state index in [9.17, 15) is 9.59 Å². The molecule has 2 aromatic carbocycles. The Morgan fingerprint density at radius 3 is 2.59 bits per heavy atom. The van der Waals surface area contributed by atoms with Gasteiger partial charge in [0.1, 0.15) is 6.61 Å². The Labute approximate surface area is 169 Å². The zero-order valence-corrected chi connectivity index (χ0v) is 16.7. The van der Waals surface area contributed by atoms with Crippen LogP contribution in [0.5, 0.6) is 11.5 Å². The largest absolute Gasteiger partial charge is 0.485 e. The predicted molar refractivity (Wildman–Crippen MR) is 108 cm³/mol. The van der Waals surface area contributed by atoms with Gasteiger partial charge < -0.3 is 19.1 Å². The van der Waals surface area contributed by atoms with E-state index in [4.69, 9.17) is 14.2 Å². The van der Waals surface area contributed by atoms with Crippen LogP contribution in [0.3, 0.4) is 0 Å². The van der Waals surface area contributed by atoms with Gasteiger partial charge in [0.05, 0.1) is 0 Å². The zero-order chi connectivity index (χ0) is 20.6. The topological polar surface area (TPSA) is 65.1 Å². The quantitative estimate of drug-likeness (QED) is 0.587. The average molecular weight is 393 g/mol. The van der Waals surface area contributed by atoms with Crippen molar-refractivity contribution in [3.63, 3.8) is 0 Å². The van der Waals surface area contributed by atoms with Crippen LogP contribution in [0, 0.1) is 0 Å². The van der Waals surface area contributed by atoms with Crippen LogP contribution in [0.4, 0.5) is 5.69 Å². The van der Waals surface area contributed by atoms with Crippen LogP contribution in [0.25, 0.3) is 0 Å². The molecule has 0 N–H and O–H groups in total. The molecule has 2 aliphatic heterocycles. The van der Waals surface area contributed by atoms with Crippen LogP contribution in [-0.4, -0.2) is 38.1 Å². The molecule has 4 rings (SSSR count). The molecule has 0 saturated carbocycles. The average Bonchev–Trinajstić information content (AvgIpc) is 2.92. The van der Waals surface area contributed by atoms with Crippen molar-refractivity contribution in [2.24, 2.45) is 0 Å². The number of hydrogen-bond acceptors (Lipinski definition) is 6. The first-order valence-electron chi connectivity index (χ1n) is 9.51. The molecule has 6 heteroatoms. The Hall–Kier alpha value is -3.28. The number of likely N-dealkylation sites (N-methyl/N-ethyl adjacent to an activating group) is 1. The number of allylic oxidation sites excluding steroid dienone is 1. The lowest BCUT2D eigenvalue weighted by molar-refractivity contribution is -0.156. The van der Waals surface area contributed by atoms with Crippen molar-refractivity contribution in [3.05, 3.63) is 65.9 Å². The number of para-hydroxylation sites is 3. The standard InChI is InChI=1S/C23H23NO5/c1-23(2)16-8-4-5-9-17(16)24(3)21(23)12-15(25)13-28-22(26)20-14-27-18-10-6-7-11-19(18)29-20/h4-12,20H,13-14H2,1-3H3. The lowest BCUT2D eigenvalue weighted by Crippen LogP contribution is -2.38. The summed E-state index contributed by atoms with van der Waals surface area (Å²) in [6.45, 7) is 3.86. The van der Waals surface area contributed by atoms with Gasteiger partial charge in [-0.15, -0.1) is 0 Å². The molecule has 2 aliphatic rings. The van der Waals surface area contributed by atoms with Gasteiger partial charge in [0.25, 0.3) is 0 Å². The minimum atomic E-state index is -0.889. The van der Waals surface area contributed by atoms with E-state index in [0.29, 0.717) is 11.5 Å². The van der Waals surface area contributed by atoms with Crippen molar-refractivity contribution in [1.29, 1.82) is 0 Å². The first-order chi connectivity index (χ1) is 13.9. The van der Waals surface area contributed by atoms with Gasteiger partial charge >= 0.3 is 5.97 Å². The summed E-state index contributed by atoms with van der Waals surface area (Å²) in [7, 11) is 1.93. The molecule has 2 aromatic rings. The Kier molecular flexibility index (Phi) is 4.78. The number of ether oxygens (including phenoxy) is 3. The second-order valence-corrected chi connectivity index (χ2v) is 7.67. The van der Waals surface area contributed by atoms with Crippen LogP contribution in [-0.2, 0) is 19.7 Å². The highest BCUT2D eigenvalue weighted by molar-refractivity contribution is 5.94. The molecular formula is C23H23NO5. The van der Waals surface area contributed by atoms with E-state index in [0.717, 1.165) is 16.9 Å². The molecule has 0 fully saturated rings. The summed E-state index contributed by atoms with van der Waals surface area (Å²) in [4.78, 5) is 26.8. The molecule has 0 spiro atoms. The molecule has 1 unspecified atom stereocenters. The number of carbonyl (C=O) groups is 2. The van der Waals surface area contributed by atoms with E-state index >= 15 is 0 Å². The van der Waals surface area contributed by atoms with Crippen molar-refractivity contribution in [2.45, 2.75) is 25.4 Å². The number of fused-ring (bicyclic) bond motifs is 2. The van der Waals surface area contributed by atoms with E-state index in [1.807, 2.05) is 36.2 Å². The van der Waals surface area contributed by atoms with E-state index in [2.05, 4.69) is 19.9 Å². The third kappa shape index (κ3) is 3.46. The van der Waals surface area contributed by atoms with Gasteiger partial charge in [-0.2, -0.15) is 0 Å². The number of esters is 1. The third-order valence-corrected chi connectivity index (χ3v) is 5.37. The fourth-order valence-electron chi connectivity index (χ4n) is 3.82. The van der Waals surface area contributed by atoms with Gasteiger partial charge in [0, 0.05) is 29.9 Å². The second kappa shape index (κ2) is 7.28. The molecule has 29 heavy (non-hydrogen) atoms. The molecule has 0 aromatic heterocycles. The van der Waals surface area contributed by atoms with Crippen molar-refractivity contribution >= 4 is 17.4 Å². The molecule has 0 amide bonds. The minimum Gasteiger partial charge on any atom is -0.485 e. The highest BCUT2D eigenvalue weighted by Gasteiger charge is 2.38. The Balaban J connectivity index is 1.40. The molecule has 0 saturated heterocycles. The number of benzene rings is 2. The maximum absolute atomic E-state index is 12.5. The van der Waals surface area contributed by atoms with Crippen LogP contribution in [0.1, 0.15) is 19.4 Å². The highest BCUT2D eigenvalue weighted by Crippen LogP contribution is 2.46. The lowest BCUT2D eigenvalue weighted by atomic mass is 9.83. The number of ketones is 1. The summed E-state index contributed by atoms with van der Waals surface area (Å²) in [5.41, 5.74) is 2.78. The fourth-order valence-corrected chi connectivity index (χ4v) is 3.82. The van der Waals surface area contributed by atoms with Crippen LogP contribution in [0.2, 0.25) is 0 Å². The Bertz CT molecular complexity index is 994. The van der Waals surface area contributed by atoms with Gasteiger partial charge in [-0.05, 0) is 23.8 Å². The molecule has 0 bridgehead atoms. The van der Waals surface area contributed by atoms with Crippen molar-refractivity contribution in [3.8, 4) is 11.5 Å². The molecule has 0 aliphatic carbocycles. The van der Waals surface area contributed by atoms with Gasteiger partial charge in [-0.3, -0.25) is 4.79 Å². The number of rotatable bonds is 4. The Morgan fingerprint density at radius 1 is 1.14 bits per heavy atom. The summed E-state index contributed by atoms with van der Waals surface area (Å²) in [6, 6.07) is 15.2. The zero-order valence-electron chi connectivity index (χ0n) is 16.7. The fraction of sp³-hybridized carbons (Fsp3) is 0.304. The lowest BCUT2D eigenvalue weighted by Gasteiger charge is -2.25. The number of carbonyl (C=O) groups excluding carboxylic acids is 2. The number of nitrogens with zero attached hydrogens (tertiary/aromatic N) is 1. The van der Waals surface area contributed by atoms with Crippen molar-refractivity contribution < 1.29 is 23.8 Å². The van der Waals surface area contributed by atoms with Crippen LogP contribution < -0.4 is 14.4 Å². The molecule has 0 radical (unpaired) electrons. The summed E-state index contributed by atoms with van der Waals surface area (Å²) in [6.07, 6.45) is 0.668. The van der Waals surface area contributed by atoms with E-state index < -0.39 is 12.1 Å². The monoisotopic (exact) mass is 393 g/mol. The van der Waals surface area contributed by atoms with E-state index in [-0.39, 0.29) is 24.4 Å². The second-order valence-electron chi connectivity index (χ2n) is 7.67. The van der Waals surface area contributed by atoms with E-state index in [1.165, 1.54) is 0 Å². The van der Waals surface area contributed by atoms with Gasteiger partial charge in [0.15, 0.2) is 23.9 Å². The summed E-state index contributed by atoms with van der Waals surface area (Å²) >= 11 is 0. The highest BCUT2D eigenvalue weighted by atomic mass is 16.6. The SMILES string of the molecule is CN1C(=CC(=O)COC(=O)C2COc3ccccc3O2)C(C)(C)c2ccccc21. The van der Waals surface area contributed by atoms with Crippen LogP contribution in [0.15, 0.2) is 60.3 Å². The van der Waals surface area contributed by atoms with Gasteiger partial charge in [-0.25, -0.2) is 4.79 Å². The number of anilines is 1. The smallest absolute Gasteiger partial charge is 0.351 e. The first-order valence-corrected chi connectivity index (χ1v) is 9.51. The van der Waals surface area contributed by atoms with Crippen molar-refractivity contribution in [1.82, 2.24) is 0 Å². The molecule has 6 nitrogen and oxygen atoms in total. The Morgan fingerprint density at radius 2 is 1.83 bits per heavy atom. The molecular weight excluding hydrogens is 370 g/mol. The molecule has 2 heterocycles. The molecule has 150 valence electrons. The minimum absolute atomic E-state index is 0.0518. The normalized spacial score (nSPS) is 20.3. The summed E-state index contributed by atoms with van der Waals surface area (Å²) in [5, 5.41) is 0. The van der Waals surface area contributed by atoms with Gasteiger partial charge in [-0.1, -0.05) is 44.2 Å².